The predicted octanol–water partition coefficient (Wildman–Crippen LogP) is 3.34. The highest BCUT2D eigenvalue weighted by atomic mass is 19.1. The lowest BCUT2D eigenvalue weighted by Crippen LogP contribution is -2.31. The Labute approximate surface area is 121 Å². The molecule has 2 nitrogen and oxygen atoms in total. The van der Waals surface area contributed by atoms with Crippen LogP contribution in [0.25, 0.3) is 0 Å². The van der Waals surface area contributed by atoms with Crippen molar-refractivity contribution in [3.8, 4) is 0 Å². The fraction of sp³-hybridized carbons (Fsp3) is 0.647. The summed E-state index contributed by atoms with van der Waals surface area (Å²) >= 11 is 0. The Balaban J connectivity index is 1.49. The molecule has 2 N–H and O–H groups in total. The van der Waals surface area contributed by atoms with E-state index in [4.69, 9.17) is 5.73 Å². The summed E-state index contributed by atoms with van der Waals surface area (Å²) in [6.45, 7) is 3.53. The zero-order valence-corrected chi connectivity index (χ0v) is 12.1. The van der Waals surface area contributed by atoms with Gasteiger partial charge < -0.3 is 10.6 Å². The summed E-state index contributed by atoms with van der Waals surface area (Å²) in [7, 11) is 0. The van der Waals surface area contributed by atoms with E-state index in [2.05, 4.69) is 4.90 Å². The molecule has 1 aromatic carbocycles. The van der Waals surface area contributed by atoms with Gasteiger partial charge in [-0.3, -0.25) is 0 Å². The smallest absolute Gasteiger partial charge is 0.123 e. The number of rotatable bonds is 8. The minimum Gasteiger partial charge on any atom is -0.324 e. The van der Waals surface area contributed by atoms with Crippen molar-refractivity contribution >= 4 is 0 Å². The summed E-state index contributed by atoms with van der Waals surface area (Å²) < 4.78 is 13.2. The molecule has 0 saturated heterocycles. The average molecular weight is 276 g/mol. The van der Waals surface area contributed by atoms with Crippen LogP contribution in [-0.2, 0) is 0 Å². The van der Waals surface area contributed by atoms with E-state index in [1.54, 1.807) is 12.1 Å². The minimum atomic E-state index is -0.189. The van der Waals surface area contributed by atoms with E-state index in [-0.39, 0.29) is 11.9 Å². The molecular formula is C17H25FN2. The van der Waals surface area contributed by atoms with Gasteiger partial charge in [-0.2, -0.15) is 0 Å². The first-order chi connectivity index (χ1) is 9.70. The summed E-state index contributed by atoms with van der Waals surface area (Å²) in [6.07, 6.45) is 6.52. The van der Waals surface area contributed by atoms with Gasteiger partial charge in [-0.05, 0) is 68.2 Å². The van der Waals surface area contributed by atoms with Gasteiger partial charge in [0.2, 0.25) is 0 Å². The highest BCUT2D eigenvalue weighted by Gasteiger charge is 2.29. The van der Waals surface area contributed by atoms with Gasteiger partial charge in [-0.15, -0.1) is 0 Å². The maximum Gasteiger partial charge on any atom is 0.123 e. The van der Waals surface area contributed by atoms with Gasteiger partial charge in [0.1, 0.15) is 5.82 Å². The lowest BCUT2D eigenvalue weighted by molar-refractivity contribution is 0.243. The molecule has 2 fully saturated rings. The van der Waals surface area contributed by atoms with Crippen LogP contribution in [-0.4, -0.2) is 24.5 Å². The number of hydrogen-bond donors (Lipinski definition) is 1. The van der Waals surface area contributed by atoms with Gasteiger partial charge in [0.25, 0.3) is 0 Å². The first kappa shape index (κ1) is 14.0. The Kier molecular flexibility index (Phi) is 4.37. The molecule has 0 radical (unpaired) electrons. The standard InChI is InChI=1S/C17H25FN2/c18-16-3-1-2-15(10-16)17(19)8-9-20(11-13-4-5-13)12-14-6-7-14/h1-3,10,13-14,17H,4-9,11-12,19H2. The van der Waals surface area contributed by atoms with Crippen LogP contribution in [0.4, 0.5) is 4.39 Å². The van der Waals surface area contributed by atoms with Crippen molar-refractivity contribution in [2.45, 2.75) is 38.1 Å². The van der Waals surface area contributed by atoms with Crippen LogP contribution in [0.1, 0.15) is 43.7 Å². The molecule has 1 atom stereocenters. The molecule has 0 aromatic heterocycles. The van der Waals surface area contributed by atoms with Crippen LogP contribution in [0.3, 0.4) is 0 Å². The van der Waals surface area contributed by atoms with Crippen molar-refractivity contribution in [3.05, 3.63) is 35.6 Å². The average Bonchev–Trinajstić information content (AvgIpc) is 3.31. The second kappa shape index (κ2) is 6.23. The highest BCUT2D eigenvalue weighted by Crippen LogP contribution is 2.34. The topological polar surface area (TPSA) is 29.3 Å². The van der Waals surface area contributed by atoms with Gasteiger partial charge in [-0.25, -0.2) is 4.39 Å². The van der Waals surface area contributed by atoms with Gasteiger partial charge >= 0.3 is 0 Å². The maximum atomic E-state index is 13.2. The molecule has 1 unspecified atom stereocenters. The van der Waals surface area contributed by atoms with E-state index in [0.29, 0.717) is 0 Å². The molecule has 0 spiro atoms. The van der Waals surface area contributed by atoms with Gasteiger partial charge in [0, 0.05) is 19.1 Å². The summed E-state index contributed by atoms with van der Waals surface area (Å²) in [5.41, 5.74) is 7.13. The number of halogens is 1. The van der Waals surface area contributed by atoms with Crippen molar-refractivity contribution in [1.82, 2.24) is 4.90 Å². The number of hydrogen-bond acceptors (Lipinski definition) is 2. The molecule has 0 aliphatic heterocycles. The molecule has 1 aromatic rings. The van der Waals surface area contributed by atoms with Crippen LogP contribution in [0, 0.1) is 17.7 Å². The highest BCUT2D eigenvalue weighted by molar-refractivity contribution is 5.19. The zero-order valence-electron chi connectivity index (χ0n) is 12.1. The largest absolute Gasteiger partial charge is 0.324 e. The summed E-state index contributed by atoms with van der Waals surface area (Å²) in [5, 5.41) is 0. The molecule has 2 aliphatic rings. The summed E-state index contributed by atoms with van der Waals surface area (Å²) in [4.78, 5) is 2.59. The predicted molar refractivity (Wildman–Crippen MR) is 79.8 cm³/mol. The van der Waals surface area contributed by atoms with Crippen LogP contribution < -0.4 is 5.73 Å². The third kappa shape index (κ3) is 4.29. The Morgan fingerprint density at radius 3 is 2.35 bits per heavy atom. The second-order valence-corrected chi connectivity index (χ2v) is 6.60. The fourth-order valence-corrected chi connectivity index (χ4v) is 2.81. The first-order valence-electron chi connectivity index (χ1n) is 7.94. The minimum absolute atomic E-state index is 0.0494. The Hall–Kier alpha value is -0.930. The van der Waals surface area contributed by atoms with Gasteiger partial charge in [0.05, 0.1) is 0 Å². The molecule has 2 aliphatic carbocycles. The number of nitrogens with two attached hydrogens (primary N) is 1. The number of nitrogens with zero attached hydrogens (tertiary/aromatic N) is 1. The third-order valence-corrected chi connectivity index (χ3v) is 4.46. The molecule has 0 heterocycles. The van der Waals surface area contributed by atoms with E-state index in [9.17, 15) is 4.39 Å². The molecule has 0 bridgehead atoms. The Bertz CT molecular complexity index is 426. The van der Waals surface area contributed by atoms with Crippen molar-refractivity contribution < 1.29 is 4.39 Å². The molecule has 20 heavy (non-hydrogen) atoms. The Morgan fingerprint density at radius 1 is 1.15 bits per heavy atom. The van der Waals surface area contributed by atoms with E-state index in [1.165, 1.54) is 44.8 Å². The summed E-state index contributed by atoms with van der Waals surface area (Å²) in [6, 6.07) is 6.67. The van der Waals surface area contributed by atoms with Crippen LogP contribution in [0.15, 0.2) is 24.3 Å². The van der Waals surface area contributed by atoms with Crippen molar-refractivity contribution in [2.24, 2.45) is 17.6 Å². The fourth-order valence-electron chi connectivity index (χ4n) is 2.81. The Morgan fingerprint density at radius 2 is 1.80 bits per heavy atom. The van der Waals surface area contributed by atoms with E-state index in [1.807, 2.05) is 6.07 Å². The number of benzene rings is 1. The van der Waals surface area contributed by atoms with E-state index < -0.39 is 0 Å². The van der Waals surface area contributed by atoms with Gasteiger partial charge in [-0.1, -0.05) is 12.1 Å². The van der Waals surface area contributed by atoms with Crippen molar-refractivity contribution in [1.29, 1.82) is 0 Å². The van der Waals surface area contributed by atoms with Crippen LogP contribution in [0.2, 0.25) is 0 Å². The van der Waals surface area contributed by atoms with E-state index in [0.717, 1.165) is 30.4 Å². The van der Waals surface area contributed by atoms with Crippen molar-refractivity contribution in [2.75, 3.05) is 19.6 Å². The molecule has 110 valence electrons. The monoisotopic (exact) mass is 276 g/mol. The van der Waals surface area contributed by atoms with Crippen LogP contribution in [0.5, 0.6) is 0 Å². The van der Waals surface area contributed by atoms with Gasteiger partial charge in [0.15, 0.2) is 0 Å². The normalized spacial score (nSPS) is 20.4. The summed E-state index contributed by atoms with van der Waals surface area (Å²) in [5.74, 6) is 1.67. The molecule has 3 heteroatoms. The first-order valence-corrected chi connectivity index (χ1v) is 7.94. The second-order valence-electron chi connectivity index (χ2n) is 6.60. The third-order valence-electron chi connectivity index (χ3n) is 4.46. The quantitative estimate of drug-likeness (QED) is 0.789. The lowest BCUT2D eigenvalue weighted by atomic mass is 10.0. The van der Waals surface area contributed by atoms with Crippen LogP contribution >= 0.6 is 0 Å². The molecule has 3 rings (SSSR count). The van der Waals surface area contributed by atoms with Crippen molar-refractivity contribution in [3.63, 3.8) is 0 Å². The SMILES string of the molecule is NC(CCN(CC1CC1)CC1CC1)c1cccc(F)c1. The maximum absolute atomic E-state index is 13.2. The molecule has 0 amide bonds. The zero-order chi connectivity index (χ0) is 13.9. The lowest BCUT2D eigenvalue weighted by Gasteiger charge is -2.24. The van der Waals surface area contributed by atoms with E-state index >= 15 is 0 Å². The molecular weight excluding hydrogens is 251 g/mol. The molecule has 2 saturated carbocycles.